The van der Waals surface area contributed by atoms with Gasteiger partial charge in [-0.25, -0.2) is 0 Å². The minimum absolute atomic E-state index is 0.00138. The number of nitrogens with one attached hydrogen (secondary N) is 1. The van der Waals surface area contributed by atoms with Crippen LogP contribution in [-0.4, -0.2) is 16.9 Å². The summed E-state index contributed by atoms with van der Waals surface area (Å²) in [6.07, 6.45) is 1.41. The third-order valence-electron chi connectivity index (χ3n) is 4.49. The fraction of sp³-hybridized carbons (Fsp3) is 0.0455. The van der Waals surface area contributed by atoms with E-state index in [0.717, 1.165) is 11.1 Å². The summed E-state index contributed by atoms with van der Waals surface area (Å²) >= 11 is 11.4. The number of rotatable bonds is 3. The van der Waals surface area contributed by atoms with E-state index >= 15 is 0 Å². The number of amides is 2. The Morgan fingerprint density at radius 1 is 1.07 bits per heavy atom. The second-order valence-electron chi connectivity index (χ2n) is 6.46. The van der Waals surface area contributed by atoms with Gasteiger partial charge in [-0.3, -0.25) is 19.8 Å². The molecule has 2 heterocycles. The Morgan fingerprint density at radius 3 is 2.55 bits per heavy atom. The van der Waals surface area contributed by atoms with E-state index in [1.54, 1.807) is 30.3 Å². The molecule has 29 heavy (non-hydrogen) atoms. The molecule has 0 saturated carbocycles. The van der Waals surface area contributed by atoms with Crippen LogP contribution >= 0.6 is 23.8 Å². The van der Waals surface area contributed by atoms with Gasteiger partial charge in [-0.05, 0) is 55.0 Å². The maximum Gasteiger partial charge on any atom is 0.270 e. The van der Waals surface area contributed by atoms with E-state index in [4.69, 9.17) is 28.2 Å². The number of hydrogen-bond donors (Lipinski definition) is 1. The normalized spacial score (nSPS) is 15.7. The van der Waals surface area contributed by atoms with Crippen molar-refractivity contribution in [3.05, 3.63) is 82.6 Å². The minimum Gasteiger partial charge on any atom is -0.457 e. The Balaban J connectivity index is 1.69. The van der Waals surface area contributed by atoms with Crippen LogP contribution in [0.5, 0.6) is 0 Å². The topological polar surface area (TPSA) is 62.6 Å². The van der Waals surface area contributed by atoms with Gasteiger partial charge in [-0.1, -0.05) is 48.0 Å². The van der Waals surface area contributed by atoms with Crippen LogP contribution in [0.25, 0.3) is 17.4 Å². The van der Waals surface area contributed by atoms with Crippen LogP contribution in [-0.2, 0) is 9.59 Å². The molecule has 4 rings (SSSR count). The molecule has 5 nitrogen and oxygen atoms in total. The number of furan rings is 1. The molecule has 2 amide bonds. The number of halogens is 1. The summed E-state index contributed by atoms with van der Waals surface area (Å²) in [4.78, 5) is 26.7. The van der Waals surface area contributed by atoms with Gasteiger partial charge >= 0.3 is 0 Å². The highest BCUT2D eigenvalue weighted by molar-refractivity contribution is 7.80. The van der Waals surface area contributed by atoms with E-state index in [9.17, 15) is 9.59 Å². The van der Waals surface area contributed by atoms with Crippen LogP contribution in [0.2, 0.25) is 5.02 Å². The lowest BCUT2D eigenvalue weighted by Gasteiger charge is -2.29. The smallest absolute Gasteiger partial charge is 0.270 e. The fourth-order valence-corrected chi connectivity index (χ4v) is 3.40. The fourth-order valence-electron chi connectivity index (χ4n) is 2.94. The van der Waals surface area contributed by atoms with Gasteiger partial charge in [0.1, 0.15) is 17.1 Å². The summed E-state index contributed by atoms with van der Waals surface area (Å²) in [5, 5.41) is 3.05. The minimum atomic E-state index is -0.577. The number of anilines is 1. The molecule has 1 aromatic heterocycles. The van der Waals surface area contributed by atoms with Crippen LogP contribution < -0.4 is 10.2 Å². The number of aryl methyl sites for hydroxylation is 1. The second kappa shape index (κ2) is 7.66. The molecular weight excluding hydrogens is 408 g/mol. The zero-order valence-electron chi connectivity index (χ0n) is 15.3. The van der Waals surface area contributed by atoms with E-state index in [1.807, 2.05) is 37.3 Å². The first kappa shape index (κ1) is 19.1. The number of thiocarbonyl (C=S) groups is 1. The lowest BCUT2D eigenvalue weighted by Crippen LogP contribution is -2.54. The maximum absolute atomic E-state index is 13.0. The number of carbonyl (C=O) groups is 2. The van der Waals surface area contributed by atoms with Crippen LogP contribution in [0.3, 0.4) is 0 Å². The molecule has 0 bridgehead atoms. The Kier molecular flexibility index (Phi) is 5.05. The van der Waals surface area contributed by atoms with Crippen molar-refractivity contribution in [1.29, 1.82) is 0 Å². The third-order valence-corrected chi connectivity index (χ3v) is 5.18. The number of benzene rings is 2. The Morgan fingerprint density at radius 2 is 1.83 bits per heavy atom. The highest BCUT2D eigenvalue weighted by Crippen LogP contribution is 2.28. The molecule has 0 spiro atoms. The number of carbonyl (C=O) groups excluding carboxylic acids is 2. The van der Waals surface area contributed by atoms with E-state index in [2.05, 4.69) is 5.32 Å². The first-order chi connectivity index (χ1) is 13.9. The monoisotopic (exact) mass is 422 g/mol. The predicted molar refractivity (Wildman–Crippen MR) is 117 cm³/mol. The van der Waals surface area contributed by atoms with Gasteiger partial charge in [0.15, 0.2) is 5.11 Å². The van der Waals surface area contributed by atoms with Crippen molar-refractivity contribution < 1.29 is 14.0 Å². The van der Waals surface area contributed by atoms with Gasteiger partial charge in [0.05, 0.1) is 5.69 Å². The molecular formula is C22H15ClN2O3S. The summed E-state index contributed by atoms with van der Waals surface area (Å²) in [5.41, 5.74) is 2.17. The Hall–Kier alpha value is -3.22. The van der Waals surface area contributed by atoms with Gasteiger partial charge in [-0.15, -0.1) is 0 Å². The summed E-state index contributed by atoms with van der Waals surface area (Å²) in [7, 11) is 0. The van der Waals surface area contributed by atoms with Crippen molar-refractivity contribution in [3.8, 4) is 11.3 Å². The zero-order chi connectivity index (χ0) is 20.5. The highest BCUT2D eigenvalue weighted by Gasteiger charge is 2.35. The van der Waals surface area contributed by atoms with Crippen molar-refractivity contribution in [3.63, 3.8) is 0 Å². The van der Waals surface area contributed by atoms with Gasteiger partial charge < -0.3 is 4.42 Å². The molecule has 3 aromatic rings. The van der Waals surface area contributed by atoms with Crippen molar-refractivity contribution in [1.82, 2.24) is 5.32 Å². The molecule has 7 heteroatoms. The average molecular weight is 423 g/mol. The maximum atomic E-state index is 13.0. The molecule has 0 unspecified atom stereocenters. The van der Waals surface area contributed by atoms with Crippen molar-refractivity contribution in [2.45, 2.75) is 6.92 Å². The average Bonchev–Trinajstić information content (AvgIpc) is 3.17. The molecule has 0 atom stereocenters. The SMILES string of the molecule is Cc1ccc(N2C(=O)/C(=C/c3ccc(-c4ccccc4)o3)C(=O)NC2=S)cc1Cl. The highest BCUT2D eigenvalue weighted by atomic mass is 35.5. The Labute approximate surface area is 177 Å². The quantitative estimate of drug-likeness (QED) is 0.376. The van der Waals surface area contributed by atoms with Crippen LogP contribution in [0, 0.1) is 6.92 Å². The van der Waals surface area contributed by atoms with Gasteiger partial charge in [-0.2, -0.15) is 0 Å². The number of hydrogen-bond acceptors (Lipinski definition) is 4. The van der Waals surface area contributed by atoms with Crippen molar-refractivity contribution >= 4 is 52.5 Å². The van der Waals surface area contributed by atoms with Gasteiger partial charge in [0.25, 0.3) is 11.8 Å². The molecule has 144 valence electrons. The lowest BCUT2D eigenvalue weighted by atomic mass is 10.1. The van der Waals surface area contributed by atoms with Gasteiger partial charge in [0.2, 0.25) is 0 Å². The first-order valence-corrected chi connectivity index (χ1v) is 9.55. The van der Waals surface area contributed by atoms with Crippen LogP contribution in [0.15, 0.2) is 70.7 Å². The molecule has 1 N–H and O–H groups in total. The standard InChI is InChI=1S/C22H15ClN2O3S/c1-13-7-8-15(11-18(13)23)25-21(27)17(20(26)24-22(25)29)12-16-9-10-19(28-16)14-5-3-2-4-6-14/h2-12H,1H3,(H,24,26,29)/b17-12+. The number of nitrogens with zero attached hydrogens (tertiary/aromatic N) is 1. The molecule has 1 aliphatic heterocycles. The molecule has 2 aromatic carbocycles. The van der Waals surface area contributed by atoms with Crippen LogP contribution in [0.4, 0.5) is 5.69 Å². The Bertz CT molecular complexity index is 1170. The first-order valence-electron chi connectivity index (χ1n) is 8.77. The molecule has 0 radical (unpaired) electrons. The van der Waals surface area contributed by atoms with E-state index < -0.39 is 11.8 Å². The molecule has 0 aliphatic carbocycles. The summed E-state index contributed by atoms with van der Waals surface area (Å²) in [6, 6.07) is 18.2. The van der Waals surface area contributed by atoms with E-state index in [-0.39, 0.29) is 10.7 Å². The van der Waals surface area contributed by atoms with Gasteiger partial charge in [0, 0.05) is 10.6 Å². The largest absolute Gasteiger partial charge is 0.457 e. The van der Waals surface area contributed by atoms with Crippen molar-refractivity contribution in [2.75, 3.05) is 4.90 Å². The summed E-state index contributed by atoms with van der Waals surface area (Å²) in [6.45, 7) is 1.86. The van der Waals surface area contributed by atoms with E-state index in [0.29, 0.717) is 22.2 Å². The second-order valence-corrected chi connectivity index (χ2v) is 7.25. The molecule has 1 fully saturated rings. The summed E-state index contributed by atoms with van der Waals surface area (Å²) in [5.74, 6) is -0.0979. The van der Waals surface area contributed by atoms with Crippen LogP contribution in [0.1, 0.15) is 11.3 Å². The van der Waals surface area contributed by atoms with Crippen molar-refractivity contribution in [2.24, 2.45) is 0 Å². The third kappa shape index (κ3) is 3.72. The zero-order valence-corrected chi connectivity index (χ0v) is 16.9. The molecule has 1 saturated heterocycles. The predicted octanol–water partition coefficient (Wildman–Crippen LogP) is 4.74. The lowest BCUT2D eigenvalue weighted by molar-refractivity contribution is -0.122. The molecule has 1 aliphatic rings. The van der Waals surface area contributed by atoms with E-state index in [1.165, 1.54) is 11.0 Å². The summed E-state index contributed by atoms with van der Waals surface area (Å²) < 4.78 is 5.79.